The molecule has 0 radical (unpaired) electrons. The maximum Gasteiger partial charge on any atom is 0.222 e. The summed E-state index contributed by atoms with van der Waals surface area (Å²) in [5.41, 5.74) is 11.7. The van der Waals surface area contributed by atoms with Crippen LogP contribution in [0.3, 0.4) is 0 Å². The number of benzene rings is 1. The number of rotatable bonds is 2. The number of amidine groups is 1. The number of aliphatic imine (C=N–C) groups is 2. The lowest BCUT2D eigenvalue weighted by Crippen LogP contribution is -2.45. The van der Waals surface area contributed by atoms with E-state index in [0.29, 0.717) is 5.84 Å². The van der Waals surface area contributed by atoms with Crippen LogP contribution in [0.5, 0.6) is 0 Å². The maximum absolute atomic E-state index is 13.0. The van der Waals surface area contributed by atoms with Gasteiger partial charge in [0.1, 0.15) is 5.84 Å². The number of guanidine groups is 1. The molecule has 5 N–H and O–H groups in total. The molecular weight excluding hydrogens is 264 g/mol. The van der Waals surface area contributed by atoms with Gasteiger partial charge in [0.05, 0.1) is 11.7 Å². The third-order valence-electron chi connectivity index (χ3n) is 3.06. The quantitative estimate of drug-likeness (QED) is 0.565. The second-order valence-electron chi connectivity index (χ2n) is 4.61. The first-order valence-corrected chi connectivity index (χ1v) is 6.43. The second kappa shape index (κ2) is 6.42. The van der Waals surface area contributed by atoms with Crippen LogP contribution in [-0.2, 0) is 0 Å². The molecule has 0 aromatic heterocycles. The summed E-state index contributed by atoms with van der Waals surface area (Å²) in [5, 5.41) is 3.23. The van der Waals surface area contributed by atoms with E-state index in [4.69, 9.17) is 11.5 Å². The largest absolute Gasteiger partial charge is 0.386 e. The lowest BCUT2D eigenvalue weighted by atomic mass is 10.0. The second-order valence-corrected chi connectivity index (χ2v) is 4.61. The molecule has 0 saturated carbocycles. The monoisotopic (exact) mass is 281 g/mol. The van der Waals surface area contributed by atoms with Crippen LogP contribution in [0.1, 0.15) is 19.3 Å². The fourth-order valence-electron chi connectivity index (χ4n) is 2.03. The van der Waals surface area contributed by atoms with Crippen LogP contribution in [0, 0.1) is 11.6 Å². The molecule has 7 heteroatoms. The number of halogens is 2. The summed E-state index contributed by atoms with van der Waals surface area (Å²) in [6.45, 7) is 0.890. The van der Waals surface area contributed by atoms with Crippen molar-refractivity contribution < 1.29 is 8.78 Å². The van der Waals surface area contributed by atoms with Gasteiger partial charge in [-0.25, -0.2) is 13.8 Å². The first-order chi connectivity index (χ1) is 9.56. The highest BCUT2D eigenvalue weighted by atomic mass is 19.2. The van der Waals surface area contributed by atoms with Crippen molar-refractivity contribution in [2.75, 3.05) is 6.54 Å². The predicted octanol–water partition coefficient (Wildman–Crippen LogP) is 1.41. The van der Waals surface area contributed by atoms with Gasteiger partial charge in [-0.3, -0.25) is 0 Å². The van der Waals surface area contributed by atoms with Crippen LogP contribution in [0.15, 0.2) is 28.2 Å². The molecular formula is C13H17F2N5. The van der Waals surface area contributed by atoms with E-state index in [0.717, 1.165) is 37.9 Å². The SMILES string of the molecule is NC(=Nc1ccc(F)c(F)c1)N=C(N)C1CCCCN1. The van der Waals surface area contributed by atoms with Gasteiger partial charge in [0.2, 0.25) is 5.96 Å². The van der Waals surface area contributed by atoms with Crippen molar-refractivity contribution in [1.29, 1.82) is 0 Å². The Morgan fingerprint density at radius 1 is 1.20 bits per heavy atom. The minimum atomic E-state index is -0.982. The average molecular weight is 281 g/mol. The summed E-state index contributed by atoms with van der Waals surface area (Å²) in [6, 6.07) is 3.24. The maximum atomic E-state index is 13.0. The fraction of sp³-hybridized carbons (Fsp3) is 0.385. The molecule has 1 atom stereocenters. The van der Waals surface area contributed by atoms with Crippen LogP contribution >= 0.6 is 0 Å². The molecule has 1 saturated heterocycles. The third kappa shape index (κ3) is 3.74. The Balaban J connectivity index is 2.10. The number of nitrogens with two attached hydrogens (primary N) is 2. The summed E-state index contributed by atoms with van der Waals surface area (Å²) in [6.07, 6.45) is 3.09. The normalized spacial score (nSPS) is 21.0. The lowest BCUT2D eigenvalue weighted by molar-refractivity contribution is 0.470. The minimum Gasteiger partial charge on any atom is -0.386 e. The molecule has 1 heterocycles. The topological polar surface area (TPSA) is 88.8 Å². The van der Waals surface area contributed by atoms with Crippen LogP contribution in [0.25, 0.3) is 0 Å². The van der Waals surface area contributed by atoms with Gasteiger partial charge in [-0.1, -0.05) is 6.42 Å². The highest BCUT2D eigenvalue weighted by Crippen LogP contribution is 2.16. The van der Waals surface area contributed by atoms with Crippen molar-refractivity contribution in [3.8, 4) is 0 Å². The van der Waals surface area contributed by atoms with E-state index >= 15 is 0 Å². The van der Waals surface area contributed by atoms with Crippen molar-refractivity contribution in [3.05, 3.63) is 29.8 Å². The van der Waals surface area contributed by atoms with Crippen molar-refractivity contribution in [2.45, 2.75) is 25.3 Å². The van der Waals surface area contributed by atoms with Gasteiger partial charge in [0.15, 0.2) is 11.6 Å². The molecule has 20 heavy (non-hydrogen) atoms. The molecule has 1 aliphatic heterocycles. The van der Waals surface area contributed by atoms with E-state index in [2.05, 4.69) is 15.3 Å². The van der Waals surface area contributed by atoms with Crippen molar-refractivity contribution in [3.63, 3.8) is 0 Å². The van der Waals surface area contributed by atoms with Crippen LogP contribution in [-0.4, -0.2) is 24.4 Å². The van der Waals surface area contributed by atoms with Gasteiger partial charge in [0, 0.05) is 6.07 Å². The summed E-state index contributed by atoms with van der Waals surface area (Å²) in [4.78, 5) is 7.88. The Kier molecular flexibility index (Phi) is 4.62. The molecule has 1 unspecified atom stereocenters. The van der Waals surface area contributed by atoms with E-state index in [1.165, 1.54) is 6.07 Å². The summed E-state index contributed by atoms with van der Waals surface area (Å²) >= 11 is 0. The standard InChI is InChI=1S/C13H17F2N5/c14-9-5-4-8(7-10(9)15)19-13(17)20-12(16)11-3-1-2-6-18-11/h4-5,7,11,18H,1-3,6H2,(H4,16,17,19,20). The molecule has 5 nitrogen and oxygen atoms in total. The van der Waals surface area contributed by atoms with Gasteiger partial charge < -0.3 is 16.8 Å². The van der Waals surface area contributed by atoms with Gasteiger partial charge >= 0.3 is 0 Å². The Morgan fingerprint density at radius 2 is 2.00 bits per heavy atom. The summed E-state index contributed by atoms with van der Waals surface area (Å²) < 4.78 is 25.8. The first kappa shape index (κ1) is 14.4. The molecule has 1 aromatic rings. The zero-order valence-corrected chi connectivity index (χ0v) is 10.9. The Hall–Kier alpha value is -2.02. The predicted molar refractivity (Wildman–Crippen MR) is 74.9 cm³/mol. The Bertz CT molecular complexity index is 536. The zero-order valence-electron chi connectivity index (χ0n) is 10.9. The van der Waals surface area contributed by atoms with Crippen molar-refractivity contribution in [1.82, 2.24) is 5.32 Å². The molecule has 0 amide bonds. The molecule has 1 fully saturated rings. The van der Waals surface area contributed by atoms with Gasteiger partial charge in [0.25, 0.3) is 0 Å². The summed E-state index contributed by atoms with van der Waals surface area (Å²) in [7, 11) is 0. The number of hydrogen-bond donors (Lipinski definition) is 3. The average Bonchev–Trinajstić information content (AvgIpc) is 2.44. The molecule has 0 bridgehead atoms. The highest BCUT2D eigenvalue weighted by molar-refractivity contribution is 5.97. The van der Waals surface area contributed by atoms with Crippen LogP contribution in [0.2, 0.25) is 0 Å². The number of nitrogens with zero attached hydrogens (tertiary/aromatic N) is 2. The number of piperidine rings is 1. The van der Waals surface area contributed by atoms with E-state index in [1.54, 1.807) is 0 Å². The molecule has 2 rings (SSSR count). The number of nitrogens with one attached hydrogen (secondary N) is 1. The minimum absolute atomic E-state index is 0.0116. The van der Waals surface area contributed by atoms with Crippen molar-refractivity contribution in [2.24, 2.45) is 21.5 Å². The van der Waals surface area contributed by atoms with E-state index in [1.807, 2.05) is 0 Å². The highest BCUT2D eigenvalue weighted by Gasteiger charge is 2.16. The zero-order chi connectivity index (χ0) is 14.5. The lowest BCUT2D eigenvalue weighted by Gasteiger charge is -2.22. The fourth-order valence-corrected chi connectivity index (χ4v) is 2.03. The van der Waals surface area contributed by atoms with Gasteiger partial charge in [-0.2, -0.15) is 4.99 Å². The molecule has 0 aliphatic carbocycles. The van der Waals surface area contributed by atoms with Crippen LogP contribution < -0.4 is 16.8 Å². The van der Waals surface area contributed by atoms with Gasteiger partial charge in [-0.05, 0) is 31.5 Å². The first-order valence-electron chi connectivity index (χ1n) is 6.43. The molecule has 1 aliphatic rings. The van der Waals surface area contributed by atoms with E-state index in [9.17, 15) is 8.78 Å². The Labute approximate surface area is 115 Å². The van der Waals surface area contributed by atoms with Crippen LogP contribution in [0.4, 0.5) is 14.5 Å². The molecule has 108 valence electrons. The van der Waals surface area contributed by atoms with Gasteiger partial charge in [-0.15, -0.1) is 0 Å². The Morgan fingerprint density at radius 3 is 2.65 bits per heavy atom. The van der Waals surface area contributed by atoms with E-state index in [-0.39, 0.29) is 17.7 Å². The molecule has 1 aromatic carbocycles. The summed E-state index contributed by atoms with van der Waals surface area (Å²) in [5.74, 6) is -1.64. The van der Waals surface area contributed by atoms with Crippen molar-refractivity contribution >= 4 is 17.5 Å². The van der Waals surface area contributed by atoms with E-state index < -0.39 is 11.6 Å². The molecule has 0 spiro atoms. The number of hydrogen-bond acceptors (Lipinski definition) is 2. The third-order valence-corrected chi connectivity index (χ3v) is 3.06. The smallest absolute Gasteiger partial charge is 0.222 e.